The van der Waals surface area contributed by atoms with E-state index in [4.69, 9.17) is 24.7 Å². The summed E-state index contributed by atoms with van der Waals surface area (Å²) in [5.74, 6) is 1.23. The van der Waals surface area contributed by atoms with Gasteiger partial charge < -0.3 is 26.0 Å². The topological polar surface area (TPSA) is 155 Å². The number of rotatable bonds is 13. The highest BCUT2D eigenvalue weighted by molar-refractivity contribution is 5.89. The highest BCUT2D eigenvalue weighted by Gasteiger charge is 2.23. The number of nitrogens with one attached hydrogen (secondary N) is 4. The van der Waals surface area contributed by atoms with Crippen molar-refractivity contribution in [2.45, 2.75) is 6.92 Å². The number of carbonyl (C=O) groups excluding carboxylic acids is 1. The quantitative estimate of drug-likeness (QED) is 0.0514. The molecule has 13 nitrogen and oxygen atoms in total. The van der Waals surface area contributed by atoms with Crippen molar-refractivity contribution < 1.29 is 9.53 Å². The van der Waals surface area contributed by atoms with Gasteiger partial charge in [-0.05, 0) is 67.6 Å². The first-order valence-electron chi connectivity index (χ1n) is 16.5. The molecule has 0 aliphatic carbocycles. The van der Waals surface area contributed by atoms with Gasteiger partial charge in [-0.2, -0.15) is 29.9 Å². The average Bonchev–Trinajstić information content (AvgIpc) is 3.17. The molecule has 0 saturated carbocycles. The van der Waals surface area contributed by atoms with Gasteiger partial charge in [0.15, 0.2) is 0 Å². The number of aromatic nitrogens is 6. The van der Waals surface area contributed by atoms with Gasteiger partial charge in [-0.3, -0.25) is 0 Å². The summed E-state index contributed by atoms with van der Waals surface area (Å²) < 4.78 is 5.46. The van der Waals surface area contributed by atoms with E-state index in [2.05, 4.69) is 37.8 Å². The molecule has 2 heterocycles. The van der Waals surface area contributed by atoms with Crippen LogP contribution in [0.5, 0.6) is 5.75 Å². The molecule has 53 heavy (non-hydrogen) atoms. The molecule has 0 saturated heterocycles. The van der Waals surface area contributed by atoms with E-state index in [-0.39, 0.29) is 41.3 Å². The SMILES string of the molecule is C=C(C)C(=O)Oc1cccc(Nc2nc(Nc3ccccc3)nc(N(c3ccccc3)c3nc(Nc4ccccc4)nc(Nc4ccccc4)n3)n2)c1. The summed E-state index contributed by atoms with van der Waals surface area (Å²) in [7, 11) is 0. The van der Waals surface area contributed by atoms with E-state index in [0.29, 0.717) is 17.1 Å². The molecule has 0 radical (unpaired) electrons. The normalized spacial score (nSPS) is 10.5. The molecule has 0 fully saturated rings. The highest BCUT2D eigenvalue weighted by atomic mass is 16.5. The Morgan fingerprint density at radius 3 is 1.30 bits per heavy atom. The van der Waals surface area contributed by atoms with Crippen molar-refractivity contribution in [3.63, 3.8) is 0 Å². The molecule has 2 aromatic heterocycles. The first-order valence-corrected chi connectivity index (χ1v) is 16.5. The van der Waals surface area contributed by atoms with Crippen molar-refractivity contribution in [2.75, 3.05) is 26.2 Å². The van der Waals surface area contributed by atoms with E-state index in [9.17, 15) is 4.79 Å². The third kappa shape index (κ3) is 8.93. The van der Waals surface area contributed by atoms with E-state index in [1.54, 1.807) is 36.1 Å². The predicted octanol–water partition coefficient (Wildman–Crippen LogP) is 8.98. The Bertz CT molecular complexity index is 2270. The van der Waals surface area contributed by atoms with Gasteiger partial charge in [0, 0.05) is 34.4 Å². The lowest BCUT2D eigenvalue weighted by atomic mass is 10.3. The minimum atomic E-state index is -0.531. The van der Waals surface area contributed by atoms with Crippen LogP contribution in [0.3, 0.4) is 0 Å². The van der Waals surface area contributed by atoms with Crippen LogP contribution < -0.4 is 30.9 Å². The number of nitrogens with zero attached hydrogens (tertiary/aromatic N) is 7. The van der Waals surface area contributed by atoms with Gasteiger partial charge in [-0.25, -0.2) is 9.69 Å². The zero-order valence-corrected chi connectivity index (χ0v) is 28.5. The molecule has 0 amide bonds. The Hall–Kier alpha value is -7.67. The molecule has 0 unspecified atom stereocenters. The average molecular weight is 700 g/mol. The van der Waals surface area contributed by atoms with Crippen LogP contribution in [0.1, 0.15) is 6.92 Å². The number of hydrogen-bond donors (Lipinski definition) is 4. The van der Waals surface area contributed by atoms with Crippen molar-refractivity contribution >= 4 is 70.1 Å². The molecule has 0 aliphatic rings. The number of hydrogen-bond acceptors (Lipinski definition) is 13. The maximum Gasteiger partial charge on any atom is 0.338 e. The first kappa shape index (κ1) is 33.8. The molecule has 7 aromatic rings. The minimum Gasteiger partial charge on any atom is -0.423 e. The molecule has 0 bridgehead atoms. The Labute approximate surface area is 305 Å². The Morgan fingerprint density at radius 2 is 0.887 bits per heavy atom. The third-order valence-corrected chi connectivity index (χ3v) is 7.40. The summed E-state index contributed by atoms with van der Waals surface area (Å²) in [6.07, 6.45) is 0. The molecule has 13 heteroatoms. The zero-order valence-electron chi connectivity index (χ0n) is 28.5. The van der Waals surface area contributed by atoms with Crippen LogP contribution in [-0.4, -0.2) is 35.9 Å². The fourth-order valence-corrected chi connectivity index (χ4v) is 4.96. The second kappa shape index (κ2) is 15.9. The van der Waals surface area contributed by atoms with Crippen LogP contribution >= 0.6 is 0 Å². The summed E-state index contributed by atoms with van der Waals surface area (Å²) in [6.45, 7) is 5.25. The van der Waals surface area contributed by atoms with Crippen LogP contribution in [-0.2, 0) is 4.79 Å². The molecule has 0 spiro atoms. The van der Waals surface area contributed by atoms with Gasteiger partial charge >= 0.3 is 5.97 Å². The molecular formula is C40H33N11O2. The number of anilines is 11. The number of carbonyl (C=O) groups is 1. The van der Waals surface area contributed by atoms with E-state index >= 15 is 0 Å². The standard InChI is InChI=1S/C40H33N11O2/c1-27(2)34(52)53-33-25-15-22-31(26-33)44-38-46-37(43-30-20-11-5-12-21-30)49-40(50-38)51(32-23-13-6-14-24-32)39-47-35(41-28-16-7-3-8-17-28)45-36(48-39)42-29-18-9-4-10-19-29/h3-26H,1H2,2H3,(H2,41,42,45,47,48)(H2,43,44,46,49,50). The molecule has 260 valence electrons. The molecule has 0 atom stereocenters. The number of esters is 1. The van der Waals surface area contributed by atoms with E-state index < -0.39 is 5.97 Å². The molecule has 4 N–H and O–H groups in total. The van der Waals surface area contributed by atoms with E-state index in [1.807, 2.05) is 121 Å². The second-order valence-corrected chi connectivity index (χ2v) is 11.5. The summed E-state index contributed by atoms with van der Waals surface area (Å²) in [5, 5.41) is 13.1. The third-order valence-electron chi connectivity index (χ3n) is 7.40. The van der Waals surface area contributed by atoms with Crippen LogP contribution in [0.2, 0.25) is 0 Å². The monoisotopic (exact) mass is 699 g/mol. The Kier molecular flexibility index (Phi) is 10.1. The largest absolute Gasteiger partial charge is 0.423 e. The molecule has 0 aliphatic heterocycles. The van der Waals surface area contributed by atoms with Gasteiger partial charge in [0.05, 0.1) is 5.69 Å². The van der Waals surface area contributed by atoms with Gasteiger partial charge in [-0.15, -0.1) is 0 Å². The fourth-order valence-electron chi connectivity index (χ4n) is 4.96. The molecule has 7 rings (SSSR count). The van der Waals surface area contributed by atoms with Gasteiger partial charge in [-0.1, -0.05) is 85.4 Å². The maximum atomic E-state index is 12.2. The summed E-state index contributed by atoms with van der Waals surface area (Å²) >= 11 is 0. The second-order valence-electron chi connectivity index (χ2n) is 11.5. The van der Waals surface area contributed by atoms with Crippen molar-refractivity contribution in [1.29, 1.82) is 0 Å². The Morgan fingerprint density at radius 1 is 0.509 bits per heavy atom. The fraction of sp³-hybridized carbons (Fsp3) is 0.0250. The number of para-hydroxylation sites is 4. The first-order chi connectivity index (χ1) is 25.9. The number of benzene rings is 5. The van der Waals surface area contributed by atoms with Crippen LogP contribution in [0.15, 0.2) is 158 Å². The molecular weight excluding hydrogens is 667 g/mol. The number of ether oxygens (including phenoxy) is 1. The predicted molar refractivity (Wildman–Crippen MR) is 207 cm³/mol. The lowest BCUT2D eigenvalue weighted by Crippen LogP contribution is -2.20. The van der Waals surface area contributed by atoms with E-state index in [0.717, 1.165) is 17.1 Å². The zero-order chi connectivity index (χ0) is 36.4. The smallest absolute Gasteiger partial charge is 0.338 e. The Balaban J connectivity index is 1.35. The van der Waals surface area contributed by atoms with Crippen molar-refractivity contribution in [1.82, 2.24) is 29.9 Å². The van der Waals surface area contributed by atoms with Gasteiger partial charge in [0.2, 0.25) is 35.7 Å². The van der Waals surface area contributed by atoms with Crippen LogP contribution in [0.25, 0.3) is 0 Å². The van der Waals surface area contributed by atoms with Crippen molar-refractivity contribution in [3.05, 3.63) is 158 Å². The van der Waals surface area contributed by atoms with E-state index in [1.165, 1.54) is 0 Å². The van der Waals surface area contributed by atoms with Gasteiger partial charge in [0.1, 0.15) is 5.75 Å². The summed E-state index contributed by atoms with van der Waals surface area (Å²) in [4.78, 5) is 42.8. The van der Waals surface area contributed by atoms with Crippen molar-refractivity contribution in [2.24, 2.45) is 0 Å². The lowest BCUT2D eigenvalue weighted by Gasteiger charge is -2.23. The minimum absolute atomic E-state index is 0.192. The van der Waals surface area contributed by atoms with Crippen LogP contribution in [0, 0.1) is 0 Å². The van der Waals surface area contributed by atoms with Gasteiger partial charge in [0.25, 0.3) is 0 Å². The maximum absolute atomic E-state index is 12.2. The van der Waals surface area contributed by atoms with Crippen LogP contribution in [0.4, 0.5) is 64.1 Å². The lowest BCUT2D eigenvalue weighted by molar-refractivity contribution is -0.130. The highest BCUT2D eigenvalue weighted by Crippen LogP contribution is 2.33. The summed E-state index contributed by atoms with van der Waals surface area (Å²) in [6, 6.07) is 45.2. The van der Waals surface area contributed by atoms with Crippen molar-refractivity contribution in [3.8, 4) is 5.75 Å². The molecule has 5 aromatic carbocycles. The summed E-state index contributed by atoms with van der Waals surface area (Å²) in [5.41, 5.74) is 3.86.